The van der Waals surface area contributed by atoms with Crippen molar-refractivity contribution in [3.8, 4) is 0 Å². The Balaban J connectivity index is 2.24. The molecule has 18 heavy (non-hydrogen) atoms. The summed E-state index contributed by atoms with van der Waals surface area (Å²) in [6.07, 6.45) is 0.100. The molecular weight excluding hydrogens is 274 g/mol. The van der Waals surface area contributed by atoms with Gasteiger partial charge in [-0.1, -0.05) is 41.4 Å². The zero-order valence-electron chi connectivity index (χ0n) is 9.29. The number of benzene rings is 2. The number of hydrogen-bond donors (Lipinski definition) is 0. The molecule has 0 saturated carbocycles. The van der Waals surface area contributed by atoms with E-state index in [1.54, 1.807) is 24.3 Å². The minimum absolute atomic E-state index is 0.100. The summed E-state index contributed by atoms with van der Waals surface area (Å²) < 4.78 is 12.9. The molecule has 0 saturated heterocycles. The lowest BCUT2D eigenvalue weighted by atomic mass is 10.0. The Kier molecular flexibility index (Phi) is 4.00. The lowest BCUT2D eigenvalue weighted by Crippen LogP contribution is -2.04. The van der Waals surface area contributed by atoms with E-state index in [0.29, 0.717) is 16.1 Å². The van der Waals surface area contributed by atoms with Crippen molar-refractivity contribution in [1.29, 1.82) is 0 Å². The third-order valence-corrected chi connectivity index (χ3v) is 3.22. The van der Waals surface area contributed by atoms with Gasteiger partial charge in [0.1, 0.15) is 5.82 Å². The predicted molar refractivity (Wildman–Crippen MR) is 70.9 cm³/mol. The topological polar surface area (TPSA) is 17.1 Å². The van der Waals surface area contributed by atoms with Crippen LogP contribution < -0.4 is 0 Å². The number of hydrogen-bond acceptors (Lipinski definition) is 1. The maximum absolute atomic E-state index is 12.9. The Bertz CT molecular complexity index is 596. The lowest BCUT2D eigenvalue weighted by Gasteiger charge is -2.05. The highest BCUT2D eigenvalue weighted by molar-refractivity contribution is 6.34. The number of carbonyl (C=O) groups is 1. The molecule has 1 nitrogen and oxygen atoms in total. The molecule has 0 aliphatic rings. The number of rotatable bonds is 3. The number of Topliss-reactive ketones (excluding diaryl/α,β-unsaturated/α-hetero) is 1. The van der Waals surface area contributed by atoms with E-state index in [9.17, 15) is 9.18 Å². The van der Waals surface area contributed by atoms with Crippen LogP contribution in [0.5, 0.6) is 0 Å². The van der Waals surface area contributed by atoms with Crippen molar-refractivity contribution in [2.24, 2.45) is 0 Å². The highest BCUT2D eigenvalue weighted by Crippen LogP contribution is 2.21. The standard InChI is InChI=1S/C14H9Cl2FO/c15-12-4-2-1-3-11(12)14(18)7-9-5-6-10(17)8-13(9)16/h1-6,8H,7H2. The van der Waals surface area contributed by atoms with E-state index in [1.807, 2.05) is 0 Å². The normalized spacial score (nSPS) is 10.4. The van der Waals surface area contributed by atoms with Crippen LogP contribution in [0.15, 0.2) is 42.5 Å². The summed E-state index contributed by atoms with van der Waals surface area (Å²) in [5, 5.41) is 0.649. The second-order valence-electron chi connectivity index (χ2n) is 3.82. The molecule has 0 aromatic heterocycles. The second kappa shape index (κ2) is 5.51. The highest BCUT2D eigenvalue weighted by Gasteiger charge is 2.12. The average Bonchev–Trinajstić information content (AvgIpc) is 2.33. The fourth-order valence-corrected chi connectivity index (χ4v) is 2.10. The van der Waals surface area contributed by atoms with Crippen LogP contribution in [0.2, 0.25) is 10.0 Å². The van der Waals surface area contributed by atoms with Gasteiger partial charge in [-0.3, -0.25) is 4.79 Å². The van der Waals surface area contributed by atoms with E-state index in [4.69, 9.17) is 23.2 Å². The fraction of sp³-hybridized carbons (Fsp3) is 0.0714. The maximum Gasteiger partial charge on any atom is 0.168 e. The Morgan fingerprint density at radius 3 is 2.44 bits per heavy atom. The van der Waals surface area contributed by atoms with E-state index >= 15 is 0 Å². The first kappa shape index (κ1) is 13.1. The molecule has 0 unspecified atom stereocenters. The minimum Gasteiger partial charge on any atom is -0.294 e. The minimum atomic E-state index is -0.422. The maximum atomic E-state index is 12.9. The first-order valence-corrected chi connectivity index (χ1v) is 6.05. The summed E-state index contributed by atoms with van der Waals surface area (Å²) >= 11 is 11.8. The van der Waals surface area contributed by atoms with E-state index in [1.165, 1.54) is 18.2 Å². The molecule has 0 aliphatic carbocycles. The zero-order valence-corrected chi connectivity index (χ0v) is 10.8. The van der Waals surface area contributed by atoms with Gasteiger partial charge in [0.15, 0.2) is 5.78 Å². The zero-order chi connectivity index (χ0) is 13.1. The summed E-state index contributed by atoms with van der Waals surface area (Å²) in [6, 6.07) is 10.8. The quantitative estimate of drug-likeness (QED) is 0.755. The van der Waals surface area contributed by atoms with Crippen molar-refractivity contribution >= 4 is 29.0 Å². The Morgan fingerprint density at radius 2 is 1.78 bits per heavy atom. The van der Waals surface area contributed by atoms with Gasteiger partial charge in [0.2, 0.25) is 0 Å². The molecule has 0 spiro atoms. The van der Waals surface area contributed by atoms with Gasteiger partial charge in [-0.15, -0.1) is 0 Å². The van der Waals surface area contributed by atoms with Crippen molar-refractivity contribution in [1.82, 2.24) is 0 Å². The highest BCUT2D eigenvalue weighted by atomic mass is 35.5. The smallest absolute Gasteiger partial charge is 0.168 e. The molecule has 92 valence electrons. The third kappa shape index (κ3) is 2.89. The first-order valence-electron chi connectivity index (χ1n) is 5.29. The summed E-state index contributed by atoms with van der Waals surface area (Å²) in [4.78, 5) is 12.0. The van der Waals surface area contributed by atoms with Crippen LogP contribution in [0.4, 0.5) is 4.39 Å². The van der Waals surface area contributed by atoms with Crippen molar-refractivity contribution in [3.63, 3.8) is 0 Å². The predicted octanol–water partition coefficient (Wildman–Crippen LogP) is 4.56. The SMILES string of the molecule is O=C(Cc1ccc(F)cc1Cl)c1ccccc1Cl. The monoisotopic (exact) mass is 282 g/mol. The van der Waals surface area contributed by atoms with Crippen molar-refractivity contribution in [2.45, 2.75) is 6.42 Å². The van der Waals surface area contributed by atoms with Crippen LogP contribution in [0.3, 0.4) is 0 Å². The summed E-state index contributed by atoms with van der Waals surface area (Å²) in [5.74, 6) is -0.567. The Hall–Kier alpha value is -1.38. The Morgan fingerprint density at radius 1 is 1.06 bits per heavy atom. The molecule has 4 heteroatoms. The van der Waals surface area contributed by atoms with Crippen molar-refractivity contribution in [2.75, 3.05) is 0 Å². The molecule has 2 aromatic rings. The van der Waals surface area contributed by atoms with Crippen LogP contribution in [0, 0.1) is 5.82 Å². The molecule has 0 N–H and O–H groups in total. The van der Waals surface area contributed by atoms with Crippen LogP contribution in [-0.2, 0) is 6.42 Å². The molecule has 0 atom stereocenters. The molecule has 0 bridgehead atoms. The van der Waals surface area contributed by atoms with Gasteiger partial charge < -0.3 is 0 Å². The van der Waals surface area contributed by atoms with Gasteiger partial charge >= 0.3 is 0 Å². The number of ketones is 1. The average molecular weight is 283 g/mol. The van der Waals surface area contributed by atoms with E-state index in [2.05, 4.69) is 0 Å². The first-order chi connectivity index (χ1) is 8.58. The van der Waals surface area contributed by atoms with Crippen LogP contribution >= 0.6 is 23.2 Å². The van der Waals surface area contributed by atoms with Crippen molar-refractivity contribution < 1.29 is 9.18 Å². The molecule has 0 amide bonds. The van der Waals surface area contributed by atoms with Gasteiger partial charge in [0.05, 0.1) is 5.02 Å². The lowest BCUT2D eigenvalue weighted by molar-refractivity contribution is 0.0993. The van der Waals surface area contributed by atoms with Gasteiger partial charge in [-0.25, -0.2) is 4.39 Å². The molecular formula is C14H9Cl2FO. The number of carbonyl (C=O) groups excluding carboxylic acids is 1. The van der Waals surface area contributed by atoms with Gasteiger partial charge in [0, 0.05) is 17.0 Å². The van der Waals surface area contributed by atoms with Gasteiger partial charge in [-0.2, -0.15) is 0 Å². The molecule has 0 heterocycles. The van der Waals surface area contributed by atoms with Crippen molar-refractivity contribution in [3.05, 3.63) is 69.5 Å². The molecule has 2 aromatic carbocycles. The fourth-order valence-electron chi connectivity index (χ4n) is 1.62. The van der Waals surface area contributed by atoms with Crippen LogP contribution in [0.1, 0.15) is 15.9 Å². The molecule has 0 radical (unpaired) electrons. The van der Waals surface area contributed by atoms with Crippen LogP contribution in [0.25, 0.3) is 0 Å². The summed E-state index contributed by atoms with van der Waals surface area (Å²) in [7, 11) is 0. The second-order valence-corrected chi connectivity index (χ2v) is 4.63. The molecule has 2 rings (SSSR count). The summed E-state index contributed by atoms with van der Waals surface area (Å²) in [5.41, 5.74) is 1.03. The van der Waals surface area contributed by atoms with E-state index < -0.39 is 5.82 Å². The van der Waals surface area contributed by atoms with Gasteiger partial charge in [0.25, 0.3) is 0 Å². The number of halogens is 3. The molecule has 0 aliphatic heterocycles. The largest absolute Gasteiger partial charge is 0.294 e. The van der Waals surface area contributed by atoms with Crippen LogP contribution in [-0.4, -0.2) is 5.78 Å². The molecule has 0 fully saturated rings. The Labute approximate surface area is 114 Å². The van der Waals surface area contributed by atoms with E-state index in [-0.39, 0.29) is 17.2 Å². The third-order valence-electron chi connectivity index (χ3n) is 2.54. The summed E-state index contributed by atoms with van der Waals surface area (Å²) in [6.45, 7) is 0. The van der Waals surface area contributed by atoms with E-state index in [0.717, 1.165) is 0 Å². The van der Waals surface area contributed by atoms with Gasteiger partial charge in [-0.05, 0) is 29.8 Å².